The lowest BCUT2D eigenvalue weighted by Crippen LogP contribution is -2.09. The molecule has 0 atom stereocenters. The van der Waals surface area contributed by atoms with Crippen molar-refractivity contribution in [2.24, 2.45) is 0 Å². The van der Waals surface area contributed by atoms with Crippen LogP contribution >= 0.6 is 11.6 Å². The van der Waals surface area contributed by atoms with Gasteiger partial charge in [0.15, 0.2) is 17.3 Å². The predicted octanol–water partition coefficient (Wildman–Crippen LogP) is 6.80. The molecule has 4 aromatic heterocycles. The molecule has 13 heteroatoms. The van der Waals surface area contributed by atoms with Crippen LogP contribution in [0.4, 0.5) is 19.0 Å². The molecule has 1 fully saturated rings. The van der Waals surface area contributed by atoms with Crippen LogP contribution in [0.3, 0.4) is 0 Å². The van der Waals surface area contributed by atoms with E-state index < -0.39 is 11.9 Å². The maximum absolute atomic E-state index is 13.3. The summed E-state index contributed by atoms with van der Waals surface area (Å²) in [5.74, 6) is 1.88. The van der Waals surface area contributed by atoms with E-state index in [1.54, 1.807) is 36.0 Å². The van der Waals surface area contributed by atoms with E-state index in [2.05, 4.69) is 25.4 Å². The highest BCUT2D eigenvalue weighted by Crippen LogP contribution is 2.45. The third-order valence-corrected chi connectivity index (χ3v) is 7.24. The van der Waals surface area contributed by atoms with Gasteiger partial charge in [-0.1, -0.05) is 35.9 Å². The van der Waals surface area contributed by atoms with Gasteiger partial charge in [0.25, 0.3) is 0 Å². The normalized spacial score (nSPS) is 13.8. The summed E-state index contributed by atoms with van der Waals surface area (Å²) in [5, 5.41) is 8.51. The van der Waals surface area contributed by atoms with Gasteiger partial charge in [-0.25, -0.2) is 24.5 Å². The van der Waals surface area contributed by atoms with Crippen LogP contribution in [0.15, 0.2) is 49.1 Å². The molecule has 5 aromatic rings. The van der Waals surface area contributed by atoms with Crippen molar-refractivity contribution in [3.05, 3.63) is 71.0 Å². The zero-order valence-corrected chi connectivity index (χ0v) is 23.2. The summed E-state index contributed by atoms with van der Waals surface area (Å²) in [5.41, 5.74) is 2.66. The van der Waals surface area contributed by atoms with Gasteiger partial charge in [-0.15, -0.1) is 5.10 Å². The molecule has 0 aliphatic heterocycles. The number of aromatic nitrogens is 7. The molecular weight excluding hydrogens is 557 g/mol. The topological polar surface area (TPSA) is 95.0 Å². The van der Waals surface area contributed by atoms with Crippen LogP contribution in [-0.4, -0.2) is 41.2 Å². The minimum Gasteiger partial charge on any atom is -0.480 e. The number of ether oxygens (including phenoxy) is 1. The number of anilines is 1. The number of rotatable bonds is 8. The highest BCUT2D eigenvalue weighted by atomic mass is 35.5. The van der Waals surface area contributed by atoms with Crippen LogP contribution in [-0.2, 0) is 12.7 Å². The smallest absolute Gasteiger partial charge is 0.434 e. The molecule has 4 heterocycles. The van der Waals surface area contributed by atoms with Crippen molar-refractivity contribution in [2.45, 2.75) is 51.4 Å². The molecule has 1 aromatic carbocycles. The van der Waals surface area contributed by atoms with Crippen LogP contribution < -0.4 is 10.1 Å². The standard InChI is InChI=1S/C28H26ClF3N8O/c1-15(2)39-13-20(28(30,31)32)36-26(39)18-6-4-16(5-7-18)12-33-25-23-19(29)10-11-40(23)38-24(37-25)21-22(17-8-9-17)34-14-35-27(21)41-3/h4-7,10-11,13-15,17H,8-9,12H2,1-3H3,(H,33,37,38). The summed E-state index contributed by atoms with van der Waals surface area (Å²) in [6.07, 6.45) is 1.83. The number of fused-ring (bicyclic) bond motifs is 1. The molecule has 41 heavy (non-hydrogen) atoms. The van der Waals surface area contributed by atoms with Gasteiger partial charge in [0.1, 0.15) is 23.2 Å². The van der Waals surface area contributed by atoms with Crippen LogP contribution in [0.5, 0.6) is 5.88 Å². The summed E-state index contributed by atoms with van der Waals surface area (Å²) >= 11 is 6.49. The second-order valence-corrected chi connectivity index (χ2v) is 10.6. The van der Waals surface area contributed by atoms with Crippen LogP contribution in [0.1, 0.15) is 55.6 Å². The van der Waals surface area contributed by atoms with Gasteiger partial charge >= 0.3 is 6.18 Å². The van der Waals surface area contributed by atoms with Crippen molar-refractivity contribution in [3.63, 3.8) is 0 Å². The van der Waals surface area contributed by atoms with Crippen LogP contribution in [0, 0.1) is 0 Å². The van der Waals surface area contributed by atoms with Gasteiger partial charge in [-0.3, -0.25) is 0 Å². The third kappa shape index (κ3) is 5.19. The highest BCUT2D eigenvalue weighted by molar-refractivity contribution is 6.34. The molecule has 0 radical (unpaired) electrons. The Kier molecular flexibility index (Phi) is 6.80. The largest absolute Gasteiger partial charge is 0.480 e. The Morgan fingerprint density at radius 1 is 1.10 bits per heavy atom. The molecule has 0 unspecified atom stereocenters. The van der Waals surface area contributed by atoms with Gasteiger partial charge in [0.2, 0.25) is 5.88 Å². The highest BCUT2D eigenvalue weighted by Gasteiger charge is 2.35. The maximum Gasteiger partial charge on any atom is 0.434 e. The summed E-state index contributed by atoms with van der Waals surface area (Å²) in [7, 11) is 1.55. The zero-order chi connectivity index (χ0) is 28.9. The fourth-order valence-corrected chi connectivity index (χ4v) is 4.96. The first-order chi connectivity index (χ1) is 19.6. The average molecular weight is 583 g/mol. The lowest BCUT2D eigenvalue weighted by Gasteiger charge is -2.14. The Bertz CT molecular complexity index is 1730. The van der Waals surface area contributed by atoms with Crippen molar-refractivity contribution in [1.29, 1.82) is 0 Å². The number of methoxy groups -OCH3 is 1. The van der Waals surface area contributed by atoms with Gasteiger partial charge in [-0.2, -0.15) is 13.2 Å². The first-order valence-corrected chi connectivity index (χ1v) is 13.4. The Morgan fingerprint density at radius 3 is 2.51 bits per heavy atom. The quantitative estimate of drug-likeness (QED) is 0.215. The molecule has 1 saturated carbocycles. The molecule has 0 saturated heterocycles. The SMILES string of the molecule is COc1ncnc(C2CC2)c1-c1nc(NCc2ccc(-c3nc(C(F)(F)F)cn3C(C)C)cc2)c2c(Cl)ccn2n1. The van der Waals surface area contributed by atoms with Crippen molar-refractivity contribution >= 4 is 22.9 Å². The van der Waals surface area contributed by atoms with E-state index in [9.17, 15) is 13.2 Å². The lowest BCUT2D eigenvalue weighted by molar-refractivity contribution is -0.140. The number of halogens is 4. The number of imidazole rings is 1. The predicted molar refractivity (Wildman–Crippen MR) is 148 cm³/mol. The molecular formula is C28H26ClF3N8O. The first-order valence-electron chi connectivity index (χ1n) is 13.1. The minimum absolute atomic E-state index is 0.190. The van der Waals surface area contributed by atoms with E-state index in [1.807, 2.05) is 26.0 Å². The van der Waals surface area contributed by atoms with E-state index >= 15 is 0 Å². The monoisotopic (exact) mass is 582 g/mol. The van der Waals surface area contributed by atoms with Crippen LogP contribution in [0.2, 0.25) is 5.02 Å². The molecule has 212 valence electrons. The van der Waals surface area contributed by atoms with Crippen molar-refractivity contribution in [2.75, 3.05) is 12.4 Å². The van der Waals surface area contributed by atoms with E-state index in [1.165, 1.54) is 10.9 Å². The number of alkyl halides is 3. The molecule has 0 amide bonds. The number of hydrogen-bond acceptors (Lipinski definition) is 7. The van der Waals surface area contributed by atoms with E-state index in [0.29, 0.717) is 51.7 Å². The van der Waals surface area contributed by atoms with Gasteiger partial charge in [0, 0.05) is 36.5 Å². The first kappa shape index (κ1) is 27.0. The molecule has 6 rings (SSSR count). The summed E-state index contributed by atoms with van der Waals surface area (Å²) in [6, 6.07) is 8.75. The fourth-order valence-electron chi connectivity index (χ4n) is 4.72. The van der Waals surface area contributed by atoms with Gasteiger partial charge < -0.3 is 14.6 Å². The van der Waals surface area contributed by atoms with Crippen molar-refractivity contribution < 1.29 is 17.9 Å². The summed E-state index contributed by atoms with van der Waals surface area (Å²) < 4.78 is 48.7. The molecule has 0 bridgehead atoms. The average Bonchev–Trinajstić information content (AvgIpc) is 3.58. The minimum atomic E-state index is -4.52. The van der Waals surface area contributed by atoms with E-state index in [4.69, 9.17) is 21.3 Å². The Balaban J connectivity index is 1.31. The third-order valence-electron chi connectivity index (χ3n) is 6.94. The Labute approximate surface area is 238 Å². The Hall–Kier alpha value is -4.19. The van der Waals surface area contributed by atoms with Crippen LogP contribution in [0.25, 0.3) is 28.3 Å². The number of nitrogens with one attached hydrogen (secondary N) is 1. The zero-order valence-electron chi connectivity index (χ0n) is 22.4. The fraction of sp³-hybridized carbons (Fsp3) is 0.321. The second-order valence-electron chi connectivity index (χ2n) is 10.2. The molecule has 1 aliphatic rings. The van der Waals surface area contributed by atoms with Crippen molar-refractivity contribution in [1.82, 2.24) is 34.1 Å². The molecule has 1 aliphatic carbocycles. The molecule has 1 N–H and O–H groups in total. The van der Waals surface area contributed by atoms with E-state index in [0.717, 1.165) is 30.3 Å². The van der Waals surface area contributed by atoms with E-state index in [-0.39, 0.29) is 11.9 Å². The summed E-state index contributed by atoms with van der Waals surface area (Å²) in [4.78, 5) is 17.5. The molecule has 9 nitrogen and oxygen atoms in total. The Morgan fingerprint density at radius 2 is 1.85 bits per heavy atom. The number of benzene rings is 1. The van der Waals surface area contributed by atoms with Gasteiger partial charge in [-0.05, 0) is 38.3 Å². The second kappa shape index (κ2) is 10.3. The lowest BCUT2D eigenvalue weighted by atomic mass is 10.1. The maximum atomic E-state index is 13.3. The van der Waals surface area contributed by atoms with Crippen molar-refractivity contribution in [3.8, 4) is 28.7 Å². The summed E-state index contributed by atoms with van der Waals surface area (Å²) in [6.45, 7) is 4.01. The number of hydrogen-bond donors (Lipinski definition) is 1. The van der Waals surface area contributed by atoms with Gasteiger partial charge in [0.05, 0.1) is 17.8 Å². The molecule has 0 spiro atoms. The number of nitrogens with zero attached hydrogens (tertiary/aromatic N) is 7.